The van der Waals surface area contributed by atoms with Gasteiger partial charge in [0.05, 0.1) is 4.47 Å². The van der Waals surface area contributed by atoms with Gasteiger partial charge in [0.15, 0.2) is 0 Å². The standard InChI is InChI=1S/C13H18BrClN2O/c1-8-4-9(6-13(2,3)5-8)18-11-10(14)7-16-12(15)17-11/h7-9H,4-6H2,1-3H3. The molecule has 1 aliphatic rings. The summed E-state index contributed by atoms with van der Waals surface area (Å²) in [7, 11) is 0. The van der Waals surface area contributed by atoms with Gasteiger partial charge in [-0.15, -0.1) is 0 Å². The molecule has 1 aromatic rings. The molecule has 2 atom stereocenters. The SMILES string of the molecule is CC1CC(Oc2nc(Cl)ncc2Br)CC(C)(C)C1. The van der Waals surface area contributed by atoms with E-state index < -0.39 is 0 Å². The maximum Gasteiger partial charge on any atom is 0.232 e. The summed E-state index contributed by atoms with van der Waals surface area (Å²) >= 11 is 9.19. The average molecular weight is 334 g/mol. The number of hydrogen-bond donors (Lipinski definition) is 0. The van der Waals surface area contributed by atoms with E-state index in [1.807, 2.05) is 0 Å². The predicted octanol–water partition coefficient (Wildman–Crippen LogP) is 4.49. The molecule has 1 heterocycles. The van der Waals surface area contributed by atoms with E-state index in [1.165, 1.54) is 6.42 Å². The molecule has 1 aromatic heterocycles. The van der Waals surface area contributed by atoms with Crippen molar-refractivity contribution in [3.05, 3.63) is 16.0 Å². The summed E-state index contributed by atoms with van der Waals surface area (Å²) in [6, 6.07) is 0. The van der Waals surface area contributed by atoms with Gasteiger partial charge in [-0.3, -0.25) is 0 Å². The minimum absolute atomic E-state index is 0.200. The molecule has 1 aliphatic carbocycles. The van der Waals surface area contributed by atoms with Gasteiger partial charge >= 0.3 is 0 Å². The molecular formula is C13H18BrClN2O. The second-order valence-corrected chi connectivity index (χ2v) is 7.14. The van der Waals surface area contributed by atoms with Crippen LogP contribution in [-0.4, -0.2) is 16.1 Å². The van der Waals surface area contributed by atoms with Crippen molar-refractivity contribution in [2.75, 3.05) is 0 Å². The Balaban J connectivity index is 2.11. The largest absolute Gasteiger partial charge is 0.473 e. The Labute approximate surface area is 121 Å². The first-order valence-corrected chi connectivity index (χ1v) is 7.37. The van der Waals surface area contributed by atoms with Crippen LogP contribution in [0.4, 0.5) is 0 Å². The zero-order chi connectivity index (χ0) is 13.3. The van der Waals surface area contributed by atoms with E-state index >= 15 is 0 Å². The first-order chi connectivity index (χ1) is 8.35. The van der Waals surface area contributed by atoms with Crippen LogP contribution in [0.2, 0.25) is 5.28 Å². The lowest BCUT2D eigenvalue weighted by molar-refractivity contribution is 0.0526. The Morgan fingerprint density at radius 1 is 1.44 bits per heavy atom. The second-order valence-electron chi connectivity index (χ2n) is 5.95. The molecule has 0 aromatic carbocycles. The van der Waals surface area contributed by atoms with Gasteiger partial charge in [0.25, 0.3) is 0 Å². The van der Waals surface area contributed by atoms with Crippen LogP contribution in [0.1, 0.15) is 40.0 Å². The zero-order valence-corrected chi connectivity index (χ0v) is 13.3. The Kier molecular flexibility index (Phi) is 4.17. The van der Waals surface area contributed by atoms with Crippen LogP contribution in [0, 0.1) is 11.3 Å². The predicted molar refractivity (Wildman–Crippen MR) is 76.0 cm³/mol. The summed E-state index contributed by atoms with van der Waals surface area (Å²) in [6.07, 6.45) is 5.19. The highest BCUT2D eigenvalue weighted by atomic mass is 79.9. The second kappa shape index (κ2) is 5.33. The van der Waals surface area contributed by atoms with Crippen LogP contribution >= 0.6 is 27.5 Å². The molecule has 0 aliphatic heterocycles. The number of ether oxygens (including phenoxy) is 1. The number of hydrogen-bond acceptors (Lipinski definition) is 3. The Morgan fingerprint density at radius 3 is 2.83 bits per heavy atom. The number of halogens is 2. The minimum atomic E-state index is 0.200. The third-order valence-electron chi connectivity index (χ3n) is 3.31. The Bertz CT molecular complexity index is 439. The first-order valence-electron chi connectivity index (χ1n) is 6.20. The van der Waals surface area contributed by atoms with Gasteiger partial charge in [0.1, 0.15) is 6.10 Å². The van der Waals surface area contributed by atoms with Crippen molar-refractivity contribution in [2.45, 2.75) is 46.1 Å². The Hall–Kier alpha value is -0.350. The van der Waals surface area contributed by atoms with Gasteiger partial charge < -0.3 is 4.74 Å². The third kappa shape index (κ3) is 3.58. The summed E-state index contributed by atoms with van der Waals surface area (Å²) in [4.78, 5) is 8.03. The minimum Gasteiger partial charge on any atom is -0.473 e. The molecule has 2 rings (SSSR count). The van der Waals surface area contributed by atoms with Crippen molar-refractivity contribution in [3.63, 3.8) is 0 Å². The lowest BCUT2D eigenvalue weighted by Crippen LogP contribution is -2.34. The Morgan fingerprint density at radius 2 is 2.17 bits per heavy atom. The van der Waals surface area contributed by atoms with E-state index in [1.54, 1.807) is 6.20 Å². The fourth-order valence-electron chi connectivity index (χ4n) is 2.92. The summed E-state index contributed by atoms with van der Waals surface area (Å²) < 4.78 is 6.74. The molecular weight excluding hydrogens is 316 g/mol. The highest BCUT2D eigenvalue weighted by molar-refractivity contribution is 9.10. The summed E-state index contributed by atoms with van der Waals surface area (Å²) in [5, 5.41) is 0.219. The smallest absolute Gasteiger partial charge is 0.232 e. The first kappa shape index (κ1) is 14.1. The molecule has 0 amide bonds. The summed E-state index contributed by atoms with van der Waals surface area (Å²) in [5.74, 6) is 1.22. The summed E-state index contributed by atoms with van der Waals surface area (Å²) in [5.41, 5.74) is 0.325. The van der Waals surface area contributed by atoms with Crippen LogP contribution < -0.4 is 4.74 Å². The van der Waals surface area contributed by atoms with Crippen molar-refractivity contribution in [2.24, 2.45) is 11.3 Å². The lowest BCUT2D eigenvalue weighted by Gasteiger charge is -2.38. The van der Waals surface area contributed by atoms with E-state index in [2.05, 4.69) is 46.7 Å². The molecule has 1 saturated carbocycles. The molecule has 2 unspecified atom stereocenters. The fraction of sp³-hybridized carbons (Fsp3) is 0.692. The lowest BCUT2D eigenvalue weighted by atomic mass is 9.71. The van der Waals surface area contributed by atoms with Gasteiger partial charge in [0.2, 0.25) is 11.2 Å². The molecule has 5 heteroatoms. The highest BCUT2D eigenvalue weighted by Gasteiger charge is 2.33. The number of nitrogens with zero attached hydrogens (tertiary/aromatic N) is 2. The van der Waals surface area contributed by atoms with Crippen LogP contribution in [-0.2, 0) is 0 Å². The molecule has 18 heavy (non-hydrogen) atoms. The fourth-order valence-corrected chi connectivity index (χ4v) is 3.33. The molecule has 3 nitrogen and oxygen atoms in total. The van der Waals surface area contributed by atoms with E-state index in [4.69, 9.17) is 16.3 Å². The van der Waals surface area contributed by atoms with Gasteiger partial charge in [-0.1, -0.05) is 20.8 Å². The van der Waals surface area contributed by atoms with E-state index in [-0.39, 0.29) is 11.4 Å². The van der Waals surface area contributed by atoms with Gasteiger partial charge in [-0.2, -0.15) is 4.98 Å². The molecule has 1 fully saturated rings. The van der Waals surface area contributed by atoms with Crippen molar-refractivity contribution < 1.29 is 4.74 Å². The van der Waals surface area contributed by atoms with E-state index in [9.17, 15) is 0 Å². The molecule has 0 N–H and O–H groups in total. The van der Waals surface area contributed by atoms with E-state index in [0.717, 1.165) is 17.3 Å². The van der Waals surface area contributed by atoms with E-state index in [0.29, 0.717) is 17.2 Å². The van der Waals surface area contributed by atoms with Crippen LogP contribution in [0.3, 0.4) is 0 Å². The molecule has 0 spiro atoms. The zero-order valence-electron chi connectivity index (χ0n) is 10.9. The topological polar surface area (TPSA) is 35.0 Å². The highest BCUT2D eigenvalue weighted by Crippen LogP contribution is 2.40. The van der Waals surface area contributed by atoms with Crippen LogP contribution in [0.25, 0.3) is 0 Å². The summed E-state index contributed by atoms with van der Waals surface area (Å²) in [6.45, 7) is 6.86. The van der Waals surface area contributed by atoms with Crippen molar-refractivity contribution >= 4 is 27.5 Å². The van der Waals surface area contributed by atoms with Crippen molar-refractivity contribution in [1.82, 2.24) is 9.97 Å². The third-order valence-corrected chi connectivity index (χ3v) is 4.03. The van der Waals surface area contributed by atoms with Crippen molar-refractivity contribution in [3.8, 4) is 5.88 Å². The van der Waals surface area contributed by atoms with Crippen molar-refractivity contribution in [1.29, 1.82) is 0 Å². The molecule has 0 bridgehead atoms. The monoisotopic (exact) mass is 332 g/mol. The quantitative estimate of drug-likeness (QED) is 0.748. The van der Waals surface area contributed by atoms with Gasteiger partial charge in [-0.25, -0.2) is 4.98 Å². The molecule has 0 saturated heterocycles. The maximum absolute atomic E-state index is 5.99. The van der Waals surface area contributed by atoms with Gasteiger partial charge in [0, 0.05) is 6.20 Å². The van der Waals surface area contributed by atoms with Gasteiger partial charge in [-0.05, 0) is 58.1 Å². The van der Waals surface area contributed by atoms with Crippen LogP contribution in [0.5, 0.6) is 5.88 Å². The van der Waals surface area contributed by atoms with Crippen LogP contribution in [0.15, 0.2) is 10.7 Å². The number of rotatable bonds is 2. The number of aromatic nitrogens is 2. The normalized spacial score (nSPS) is 26.9. The maximum atomic E-state index is 5.99. The average Bonchev–Trinajstić information content (AvgIpc) is 2.20. The molecule has 0 radical (unpaired) electrons. The molecule has 100 valence electrons.